The maximum absolute atomic E-state index is 5.75. The number of nitrogens with zero attached hydrogens (tertiary/aromatic N) is 3. The number of hydrogen-bond acceptors (Lipinski definition) is 4. The Balaban J connectivity index is 1.94. The third-order valence-corrected chi connectivity index (χ3v) is 5.22. The van der Waals surface area contributed by atoms with E-state index >= 15 is 0 Å². The summed E-state index contributed by atoms with van der Waals surface area (Å²) in [5, 5.41) is 0. The van der Waals surface area contributed by atoms with E-state index in [1.165, 1.54) is 17.7 Å². The minimum absolute atomic E-state index is 0.269. The van der Waals surface area contributed by atoms with Crippen molar-refractivity contribution in [1.29, 1.82) is 0 Å². The molecule has 5 heteroatoms. The number of nitrogens with two attached hydrogens (primary N) is 1. The number of rotatable bonds is 8. The van der Waals surface area contributed by atoms with E-state index in [1.807, 2.05) is 18.6 Å². The number of aromatic amines is 1. The monoisotopic (exact) mass is 341 g/mol. The molecule has 3 N–H and O–H groups in total. The highest BCUT2D eigenvalue weighted by atomic mass is 15.2. The molecule has 2 aromatic rings. The highest BCUT2D eigenvalue weighted by Gasteiger charge is 2.34. The van der Waals surface area contributed by atoms with Gasteiger partial charge in [0.25, 0.3) is 0 Å². The number of hydrogen-bond donors (Lipinski definition) is 2. The fraction of sp³-hybridized carbons (Fsp3) is 0.600. The molecule has 3 rings (SSSR count). The van der Waals surface area contributed by atoms with Crippen LogP contribution in [0.25, 0.3) is 0 Å². The van der Waals surface area contributed by atoms with Crippen molar-refractivity contribution in [2.24, 2.45) is 11.7 Å². The van der Waals surface area contributed by atoms with Crippen LogP contribution in [0, 0.1) is 5.92 Å². The summed E-state index contributed by atoms with van der Waals surface area (Å²) in [6.07, 6.45) is 11.4. The van der Waals surface area contributed by atoms with Crippen LogP contribution in [-0.4, -0.2) is 32.9 Å². The second kappa shape index (κ2) is 8.59. The Kier molecular flexibility index (Phi) is 6.21. The molecule has 2 aromatic heterocycles. The predicted molar refractivity (Wildman–Crippen MR) is 101 cm³/mol. The van der Waals surface area contributed by atoms with E-state index in [-0.39, 0.29) is 6.04 Å². The number of unbranched alkanes of at least 4 members (excludes halogenated alkanes) is 1. The molecule has 0 radical (unpaired) electrons. The van der Waals surface area contributed by atoms with Crippen molar-refractivity contribution in [1.82, 2.24) is 19.9 Å². The smallest absolute Gasteiger partial charge is 0.123 e. The van der Waals surface area contributed by atoms with Crippen molar-refractivity contribution in [2.75, 3.05) is 13.1 Å². The first kappa shape index (κ1) is 18.1. The third-order valence-electron chi connectivity index (χ3n) is 5.22. The zero-order valence-corrected chi connectivity index (χ0v) is 15.5. The Morgan fingerprint density at radius 1 is 1.28 bits per heavy atom. The molecule has 0 spiro atoms. The van der Waals surface area contributed by atoms with Crippen LogP contribution in [0.4, 0.5) is 0 Å². The normalized spacial score (nSPS) is 18.5. The number of fused-ring (bicyclic) bond motifs is 1. The number of pyridine rings is 1. The van der Waals surface area contributed by atoms with Crippen LogP contribution >= 0.6 is 0 Å². The fourth-order valence-electron chi connectivity index (χ4n) is 4.13. The van der Waals surface area contributed by atoms with Gasteiger partial charge in [-0.25, -0.2) is 4.98 Å². The number of nitrogens with one attached hydrogen (secondary N) is 1. The minimum Gasteiger partial charge on any atom is -0.347 e. The zero-order chi connectivity index (χ0) is 17.6. The molecule has 0 aliphatic heterocycles. The van der Waals surface area contributed by atoms with Crippen molar-refractivity contribution in [3.63, 3.8) is 0 Å². The van der Waals surface area contributed by atoms with Gasteiger partial charge in [-0.3, -0.25) is 9.88 Å². The summed E-state index contributed by atoms with van der Waals surface area (Å²) in [6, 6.07) is 4.93. The summed E-state index contributed by atoms with van der Waals surface area (Å²) < 4.78 is 0. The average molecular weight is 342 g/mol. The molecule has 2 unspecified atom stereocenters. The standard InChI is InChI=1S/C20H31N5/c1-15(2)19(20-23-12-13-24-20)25(14-4-3-10-21)17-9-5-7-16-8-6-11-22-18(16)17/h6,8,11-13,15,17,19H,3-5,7,9-10,14,21H2,1-2H3,(H,23,24). The van der Waals surface area contributed by atoms with Gasteiger partial charge in [-0.15, -0.1) is 0 Å². The Morgan fingerprint density at radius 2 is 2.16 bits per heavy atom. The summed E-state index contributed by atoms with van der Waals surface area (Å²) in [7, 11) is 0. The van der Waals surface area contributed by atoms with Crippen LogP contribution in [-0.2, 0) is 6.42 Å². The van der Waals surface area contributed by atoms with E-state index in [2.05, 4.69) is 40.8 Å². The molecule has 1 aliphatic rings. The largest absolute Gasteiger partial charge is 0.347 e. The Bertz CT molecular complexity index is 637. The van der Waals surface area contributed by atoms with Crippen LogP contribution in [0.2, 0.25) is 0 Å². The van der Waals surface area contributed by atoms with Gasteiger partial charge in [0.2, 0.25) is 0 Å². The van der Waals surface area contributed by atoms with Gasteiger partial charge in [0.15, 0.2) is 0 Å². The highest BCUT2D eigenvalue weighted by molar-refractivity contribution is 5.26. The molecule has 0 bridgehead atoms. The van der Waals surface area contributed by atoms with Crippen LogP contribution in [0.5, 0.6) is 0 Å². The third kappa shape index (κ3) is 4.10. The quantitative estimate of drug-likeness (QED) is 0.719. The molecule has 0 saturated carbocycles. The first-order chi connectivity index (χ1) is 12.2. The second-order valence-corrected chi connectivity index (χ2v) is 7.35. The van der Waals surface area contributed by atoms with Crippen molar-refractivity contribution in [2.45, 2.75) is 58.0 Å². The maximum Gasteiger partial charge on any atom is 0.123 e. The summed E-state index contributed by atoms with van der Waals surface area (Å²) in [5.74, 6) is 1.53. The molecule has 0 aromatic carbocycles. The number of aromatic nitrogens is 3. The van der Waals surface area contributed by atoms with Crippen molar-refractivity contribution < 1.29 is 0 Å². The number of imidazole rings is 1. The first-order valence-corrected chi connectivity index (χ1v) is 9.61. The maximum atomic E-state index is 5.75. The van der Waals surface area contributed by atoms with E-state index in [1.54, 1.807) is 0 Å². The molecular weight excluding hydrogens is 310 g/mol. The summed E-state index contributed by atoms with van der Waals surface area (Å²) >= 11 is 0. The Hall–Kier alpha value is -1.72. The van der Waals surface area contributed by atoms with Crippen molar-refractivity contribution in [3.8, 4) is 0 Å². The molecule has 0 saturated heterocycles. The van der Waals surface area contributed by atoms with Gasteiger partial charge < -0.3 is 10.7 Å². The molecule has 5 nitrogen and oxygen atoms in total. The lowest BCUT2D eigenvalue weighted by molar-refractivity contribution is 0.0796. The molecule has 2 heterocycles. The van der Waals surface area contributed by atoms with E-state index < -0.39 is 0 Å². The SMILES string of the molecule is CC(C)C(c1ncc[nH]1)N(CCCCN)C1CCCc2cccnc21. The summed E-state index contributed by atoms with van der Waals surface area (Å²) in [6.45, 7) is 6.35. The highest BCUT2D eigenvalue weighted by Crippen LogP contribution is 2.39. The molecule has 25 heavy (non-hydrogen) atoms. The van der Waals surface area contributed by atoms with Gasteiger partial charge in [-0.05, 0) is 62.7 Å². The van der Waals surface area contributed by atoms with Gasteiger partial charge >= 0.3 is 0 Å². The van der Waals surface area contributed by atoms with Crippen LogP contribution in [0.1, 0.15) is 68.7 Å². The lowest BCUT2D eigenvalue weighted by atomic mass is 9.88. The number of aryl methyl sites for hydroxylation is 1. The van der Waals surface area contributed by atoms with Crippen LogP contribution < -0.4 is 5.73 Å². The lowest BCUT2D eigenvalue weighted by Crippen LogP contribution is -2.39. The summed E-state index contributed by atoms with van der Waals surface area (Å²) in [4.78, 5) is 15.4. The lowest BCUT2D eigenvalue weighted by Gasteiger charge is -2.41. The van der Waals surface area contributed by atoms with E-state index in [0.29, 0.717) is 12.0 Å². The predicted octanol–water partition coefficient (Wildman–Crippen LogP) is 3.62. The molecule has 0 amide bonds. The van der Waals surface area contributed by atoms with Gasteiger partial charge in [-0.2, -0.15) is 0 Å². The van der Waals surface area contributed by atoms with E-state index in [9.17, 15) is 0 Å². The van der Waals surface area contributed by atoms with Crippen molar-refractivity contribution in [3.05, 3.63) is 47.8 Å². The second-order valence-electron chi connectivity index (χ2n) is 7.35. The van der Waals surface area contributed by atoms with Crippen LogP contribution in [0.15, 0.2) is 30.7 Å². The molecule has 0 fully saturated rings. The zero-order valence-electron chi connectivity index (χ0n) is 15.5. The van der Waals surface area contributed by atoms with Gasteiger partial charge in [0.05, 0.1) is 17.8 Å². The molecule has 136 valence electrons. The minimum atomic E-state index is 0.269. The summed E-state index contributed by atoms with van der Waals surface area (Å²) in [5.41, 5.74) is 8.42. The first-order valence-electron chi connectivity index (χ1n) is 9.61. The molecule has 2 atom stereocenters. The van der Waals surface area contributed by atoms with Gasteiger partial charge in [-0.1, -0.05) is 19.9 Å². The van der Waals surface area contributed by atoms with Crippen molar-refractivity contribution >= 4 is 0 Å². The fourth-order valence-corrected chi connectivity index (χ4v) is 4.13. The molecular formula is C20H31N5. The van der Waals surface area contributed by atoms with Gasteiger partial charge in [0.1, 0.15) is 5.82 Å². The van der Waals surface area contributed by atoms with E-state index in [0.717, 1.165) is 44.6 Å². The number of H-pyrrole nitrogens is 1. The Morgan fingerprint density at radius 3 is 2.88 bits per heavy atom. The Labute approximate surface area is 151 Å². The van der Waals surface area contributed by atoms with Gasteiger partial charge in [0, 0.05) is 18.6 Å². The average Bonchev–Trinajstić information content (AvgIpc) is 3.14. The van der Waals surface area contributed by atoms with E-state index in [4.69, 9.17) is 10.7 Å². The van der Waals surface area contributed by atoms with Crippen LogP contribution in [0.3, 0.4) is 0 Å². The molecule has 1 aliphatic carbocycles. The topological polar surface area (TPSA) is 70.8 Å².